The quantitative estimate of drug-likeness (QED) is 0.524. The number of piperidine rings is 1. The lowest BCUT2D eigenvalue weighted by atomic mass is 10.00. The average Bonchev–Trinajstić information content (AvgIpc) is 3.10. The Labute approximate surface area is 91.7 Å². The number of rotatable bonds is 1. The van der Waals surface area contributed by atoms with Crippen LogP contribution in [0.4, 0.5) is 0 Å². The third-order valence-corrected chi connectivity index (χ3v) is 4.43. The molecule has 1 spiro atoms. The lowest BCUT2D eigenvalue weighted by Gasteiger charge is -2.31. The lowest BCUT2D eigenvalue weighted by molar-refractivity contribution is 0.277. The Morgan fingerprint density at radius 3 is 2.53 bits per heavy atom. The smallest absolute Gasteiger partial charge is 0.191 e. The van der Waals surface area contributed by atoms with Crippen molar-refractivity contribution >= 4 is 5.96 Å². The number of nitrogens with two attached hydrogens (primary N) is 1. The first-order valence-electron chi connectivity index (χ1n) is 6.28. The van der Waals surface area contributed by atoms with Crippen LogP contribution in [0.2, 0.25) is 0 Å². The molecule has 0 aromatic rings. The molecule has 3 nitrogen and oxygen atoms in total. The molecule has 0 bridgehead atoms. The van der Waals surface area contributed by atoms with Crippen molar-refractivity contribution in [1.29, 1.82) is 0 Å². The van der Waals surface area contributed by atoms with Gasteiger partial charge in [-0.3, -0.25) is 0 Å². The van der Waals surface area contributed by atoms with Crippen LogP contribution in [0.5, 0.6) is 0 Å². The van der Waals surface area contributed by atoms with E-state index >= 15 is 0 Å². The molecule has 15 heavy (non-hydrogen) atoms. The fraction of sp³-hybridized carbons (Fsp3) is 0.917. The van der Waals surface area contributed by atoms with Crippen molar-refractivity contribution in [3.05, 3.63) is 0 Å². The summed E-state index contributed by atoms with van der Waals surface area (Å²) in [5, 5.41) is 0. The van der Waals surface area contributed by atoms with Gasteiger partial charge in [-0.25, -0.2) is 4.99 Å². The van der Waals surface area contributed by atoms with Crippen molar-refractivity contribution in [3.8, 4) is 0 Å². The summed E-state index contributed by atoms with van der Waals surface area (Å²) in [7, 11) is 0. The second kappa shape index (κ2) is 3.13. The van der Waals surface area contributed by atoms with Gasteiger partial charge in [-0.05, 0) is 43.4 Å². The van der Waals surface area contributed by atoms with Crippen LogP contribution in [-0.2, 0) is 0 Å². The van der Waals surface area contributed by atoms with Crippen LogP contribution in [0.25, 0.3) is 0 Å². The van der Waals surface area contributed by atoms with E-state index < -0.39 is 0 Å². The molecule has 1 aliphatic heterocycles. The molecule has 1 unspecified atom stereocenters. The zero-order valence-corrected chi connectivity index (χ0v) is 9.58. The van der Waals surface area contributed by atoms with Gasteiger partial charge in [0.15, 0.2) is 5.96 Å². The second-order valence-electron chi connectivity index (χ2n) is 5.74. The van der Waals surface area contributed by atoms with Crippen LogP contribution >= 0.6 is 0 Å². The number of nitrogens with zero attached hydrogens (tertiary/aromatic N) is 2. The summed E-state index contributed by atoms with van der Waals surface area (Å²) in [6, 6.07) is 0.580. The molecule has 3 aliphatic rings. The molecular weight excluding hydrogens is 186 g/mol. The monoisotopic (exact) mass is 207 g/mol. The summed E-state index contributed by atoms with van der Waals surface area (Å²) in [6.45, 7) is 4.54. The van der Waals surface area contributed by atoms with E-state index in [1.165, 1.54) is 32.1 Å². The number of hydrogen-bond acceptors (Lipinski definition) is 1. The van der Waals surface area contributed by atoms with Crippen LogP contribution in [0.15, 0.2) is 4.99 Å². The van der Waals surface area contributed by atoms with Gasteiger partial charge in [-0.1, -0.05) is 6.92 Å². The topological polar surface area (TPSA) is 41.6 Å². The van der Waals surface area contributed by atoms with Gasteiger partial charge in [0.2, 0.25) is 0 Å². The SMILES string of the molecule is CC1CCN(C(N)=NC2CC23CC3)CC1. The van der Waals surface area contributed by atoms with E-state index in [1.54, 1.807) is 0 Å². The number of likely N-dealkylation sites (tertiary alicyclic amines) is 1. The molecule has 0 radical (unpaired) electrons. The molecule has 84 valence electrons. The van der Waals surface area contributed by atoms with E-state index in [0.717, 1.165) is 25.0 Å². The summed E-state index contributed by atoms with van der Waals surface area (Å²) in [5.74, 6) is 1.68. The van der Waals surface area contributed by atoms with Crippen LogP contribution in [0, 0.1) is 11.3 Å². The Balaban J connectivity index is 1.57. The first kappa shape index (κ1) is 9.49. The lowest BCUT2D eigenvalue weighted by Crippen LogP contribution is -2.42. The molecule has 3 fully saturated rings. The molecule has 0 aromatic carbocycles. The van der Waals surface area contributed by atoms with E-state index in [-0.39, 0.29) is 0 Å². The number of aliphatic imine (C=N–C) groups is 1. The first-order chi connectivity index (χ1) is 7.20. The van der Waals surface area contributed by atoms with Crippen LogP contribution in [0.3, 0.4) is 0 Å². The molecule has 3 heteroatoms. The number of hydrogen-bond donors (Lipinski definition) is 1. The second-order valence-corrected chi connectivity index (χ2v) is 5.74. The van der Waals surface area contributed by atoms with Gasteiger partial charge in [0.1, 0.15) is 0 Å². The van der Waals surface area contributed by atoms with E-state index in [2.05, 4.69) is 16.8 Å². The van der Waals surface area contributed by atoms with E-state index in [0.29, 0.717) is 11.5 Å². The minimum Gasteiger partial charge on any atom is -0.370 e. The third kappa shape index (κ3) is 1.72. The standard InChI is InChI=1S/C12H21N3/c1-9-2-6-15(7-3-9)11(13)14-10-8-12(10)4-5-12/h9-10H,2-8H2,1H3,(H2,13,14). The van der Waals surface area contributed by atoms with Gasteiger partial charge in [0, 0.05) is 13.1 Å². The van der Waals surface area contributed by atoms with Gasteiger partial charge >= 0.3 is 0 Å². The Morgan fingerprint density at radius 2 is 2.00 bits per heavy atom. The maximum absolute atomic E-state index is 6.06. The maximum Gasteiger partial charge on any atom is 0.191 e. The van der Waals surface area contributed by atoms with Gasteiger partial charge in [-0.15, -0.1) is 0 Å². The zero-order valence-electron chi connectivity index (χ0n) is 9.58. The van der Waals surface area contributed by atoms with Gasteiger partial charge < -0.3 is 10.6 Å². The molecule has 1 saturated heterocycles. The highest BCUT2D eigenvalue weighted by atomic mass is 15.3. The van der Waals surface area contributed by atoms with Crippen molar-refractivity contribution in [3.63, 3.8) is 0 Å². The van der Waals surface area contributed by atoms with Crippen molar-refractivity contribution in [2.45, 2.75) is 45.1 Å². The van der Waals surface area contributed by atoms with E-state index in [1.807, 2.05) is 0 Å². The summed E-state index contributed by atoms with van der Waals surface area (Å²) in [5.41, 5.74) is 6.71. The number of guanidine groups is 1. The van der Waals surface area contributed by atoms with Gasteiger partial charge in [-0.2, -0.15) is 0 Å². The fourth-order valence-corrected chi connectivity index (χ4v) is 2.69. The largest absolute Gasteiger partial charge is 0.370 e. The van der Waals surface area contributed by atoms with E-state index in [4.69, 9.17) is 5.73 Å². The summed E-state index contributed by atoms with van der Waals surface area (Å²) < 4.78 is 0. The molecule has 2 aliphatic carbocycles. The van der Waals surface area contributed by atoms with Crippen molar-refractivity contribution in [2.75, 3.05) is 13.1 Å². The van der Waals surface area contributed by atoms with Crippen molar-refractivity contribution in [2.24, 2.45) is 22.1 Å². The normalized spacial score (nSPS) is 34.6. The van der Waals surface area contributed by atoms with Crippen molar-refractivity contribution < 1.29 is 0 Å². The molecule has 1 heterocycles. The molecule has 2 N–H and O–H groups in total. The Bertz CT molecular complexity index is 285. The van der Waals surface area contributed by atoms with Crippen LogP contribution < -0.4 is 5.73 Å². The minimum absolute atomic E-state index is 0.580. The Hall–Kier alpha value is -0.730. The summed E-state index contributed by atoms with van der Waals surface area (Å²) >= 11 is 0. The maximum atomic E-state index is 6.06. The highest BCUT2D eigenvalue weighted by Crippen LogP contribution is 2.67. The molecule has 2 saturated carbocycles. The van der Waals surface area contributed by atoms with Gasteiger partial charge in [0.25, 0.3) is 0 Å². The van der Waals surface area contributed by atoms with Crippen LogP contribution in [-0.4, -0.2) is 30.0 Å². The zero-order chi connectivity index (χ0) is 10.5. The van der Waals surface area contributed by atoms with Crippen molar-refractivity contribution in [1.82, 2.24) is 4.90 Å². The van der Waals surface area contributed by atoms with E-state index in [9.17, 15) is 0 Å². The third-order valence-electron chi connectivity index (χ3n) is 4.43. The minimum atomic E-state index is 0.580. The molecule has 0 amide bonds. The fourth-order valence-electron chi connectivity index (χ4n) is 2.69. The first-order valence-corrected chi connectivity index (χ1v) is 6.28. The van der Waals surface area contributed by atoms with Gasteiger partial charge in [0.05, 0.1) is 6.04 Å². The summed E-state index contributed by atoms with van der Waals surface area (Å²) in [6.07, 6.45) is 6.63. The molecule has 3 rings (SSSR count). The summed E-state index contributed by atoms with van der Waals surface area (Å²) in [4.78, 5) is 6.95. The molecular formula is C12H21N3. The van der Waals surface area contributed by atoms with Crippen LogP contribution in [0.1, 0.15) is 39.0 Å². The average molecular weight is 207 g/mol. The highest BCUT2D eigenvalue weighted by Gasteiger charge is 2.63. The molecule has 1 atom stereocenters. The predicted molar refractivity (Wildman–Crippen MR) is 61.7 cm³/mol. The molecule has 0 aromatic heterocycles. The predicted octanol–water partition coefficient (Wildman–Crippen LogP) is 1.59. The highest BCUT2D eigenvalue weighted by molar-refractivity contribution is 5.78. The Morgan fingerprint density at radius 1 is 1.33 bits per heavy atom. The Kier molecular flexibility index (Phi) is 1.98.